The molecule has 0 unspecified atom stereocenters. The summed E-state index contributed by atoms with van der Waals surface area (Å²) in [6, 6.07) is 0. The van der Waals surface area contributed by atoms with Gasteiger partial charge in [0.2, 0.25) is 0 Å². The van der Waals surface area contributed by atoms with E-state index >= 15 is 0 Å². The molecule has 5 nitrogen and oxygen atoms in total. The van der Waals surface area contributed by atoms with Crippen LogP contribution in [0.1, 0.15) is 46.0 Å². The summed E-state index contributed by atoms with van der Waals surface area (Å²) in [5.41, 5.74) is -0.477. The molecular weight excluding hydrogens is 282 g/mol. The van der Waals surface area contributed by atoms with Crippen LogP contribution in [0.5, 0.6) is 0 Å². The second-order valence-corrected chi connectivity index (χ2v) is 4.41. The second-order valence-electron chi connectivity index (χ2n) is 4.41. The van der Waals surface area contributed by atoms with Gasteiger partial charge in [-0.15, -0.1) is 0 Å². The molecule has 0 radical (unpaired) electrons. The first-order valence-corrected chi connectivity index (χ1v) is 6.01. The molecule has 0 aliphatic heterocycles. The van der Waals surface area contributed by atoms with Crippen molar-refractivity contribution in [1.82, 2.24) is 0 Å². The SMILES string of the molecule is C=C(CC(=O)[O-])C(=O)[O-].CC(C)CCCCCO.[Na+].[Na+]. The van der Waals surface area contributed by atoms with Crippen LogP contribution in [0.3, 0.4) is 0 Å². The molecule has 106 valence electrons. The van der Waals surface area contributed by atoms with E-state index < -0.39 is 23.9 Å². The zero-order valence-electron chi connectivity index (χ0n) is 13.1. The number of carbonyl (C=O) groups is 2. The van der Waals surface area contributed by atoms with E-state index in [0.717, 1.165) is 12.3 Å². The maximum atomic E-state index is 9.73. The van der Waals surface area contributed by atoms with Gasteiger partial charge in [0.25, 0.3) is 0 Å². The number of carbonyl (C=O) groups excluding carboxylic acids is 2. The Morgan fingerprint density at radius 2 is 1.60 bits per heavy atom. The van der Waals surface area contributed by atoms with Crippen molar-refractivity contribution >= 4 is 11.9 Å². The number of aliphatic hydroxyl groups is 1. The van der Waals surface area contributed by atoms with Crippen LogP contribution in [0, 0.1) is 5.92 Å². The Kier molecular flexibility index (Phi) is 28.2. The van der Waals surface area contributed by atoms with Crippen LogP contribution in [0.2, 0.25) is 0 Å². The molecule has 0 aromatic heterocycles. The first-order chi connectivity index (χ1) is 8.31. The molecule has 0 aliphatic carbocycles. The maximum Gasteiger partial charge on any atom is 1.00 e. The van der Waals surface area contributed by atoms with Crippen molar-refractivity contribution in [2.75, 3.05) is 6.61 Å². The largest absolute Gasteiger partial charge is 1.00 e. The number of aliphatic carboxylic acids is 2. The Balaban J connectivity index is -0.000000116. The molecular formula is C13H22Na2O5. The molecule has 7 heteroatoms. The molecule has 0 aromatic rings. The normalized spacial score (nSPS) is 8.60. The molecule has 0 amide bonds. The molecule has 0 bridgehead atoms. The van der Waals surface area contributed by atoms with Gasteiger partial charge >= 0.3 is 59.1 Å². The summed E-state index contributed by atoms with van der Waals surface area (Å²) in [6.07, 6.45) is 4.07. The minimum atomic E-state index is -1.56. The summed E-state index contributed by atoms with van der Waals surface area (Å²) in [5.74, 6) is -2.20. The molecule has 0 atom stereocenters. The van der Waals surface area contributed by atoms with Gasteiger partial charge in [0.15, 0.2) is 0 Å². The van der Waals surface area contributed by atoms with E-state index in [1.807, 2.05) is 0 Å². The molecule has 0 heterocycles. The van der Waals surface area contributed by atoms with Crippen LogP contribution in [0.15, 0.2) is 12.2 Å². The summed E-state index contributed by atoms with van der Waals surface area (Å²) in [7, 11) is 0. The fourth-order valence-electron chi connectivity index (χ4n) is 1.09. The molecule has 0 saturated carbocycles. The van der Waals surface area contributed by atoms with Crippen molar-refractivity contribution < 1.29 is 84.0 Å². The van der Waals surface area contributed by atoms with Gasteiger partial charge in [0, 0.05) is 19.0 Å². The van der Waals surface area contributed by atoms with Gasteiger partial charge < -0.3 is 24.9 Å². The second kappa shape index (κ2) is 19.6. The van der Waals surface area contributed by atoms with Crippen LogP contribution in [-0.2, 0) is 9.59 Å². The van der Waals surface area contributed by atoms with Gasteiger partial charge in [-0.1, -0.05) is 39.7 Å². The summed E-state index contributed by atoms with van der Waals surface area (Å²) in [5, 5.41) is 27.8. The number of hydrogen-bond acceptors (Lipinski definition) is 5. The van der Waals surface area contributed by atoms with E-state index in [1.54, 1.807) is 0 Å². The molecule has 0 aromatic carbocycles. The fourth-order valence-corrected chi connectivity index (χ4v) is 1.09. The summed E-state index contributed by atoms with van der Waals surface area (Å²) in [4.78, 5) is 19.4. The Labute approximate surface area is 165 Å². The monoisotopic (exact) mass is 304 g/mol. The predicted molar refractivity (Wildman–Crippen MR) is 64.2 cm³/mol. The summed E-state index contributed by atoms with van der Waals surface area (Å²) < 4.78 is 0. The number of carboxylic acid groups (broad SMARTS) is 2. The van der Waals surface area contributed by atoms with Gasteiger partial charge in [-0.2, -0.15) is 0 Å². The van der Waals surface area contributed by atoms with E-state index in [0.29, 0.717) is 6.61 Å². The summed E-state index contributed by atoms with van der Waals surface area (Å²) >= 11 is 0. The molecule has 1 N–H and O–H groups in total. The Hall–Kier alpha value is 0.640. The molecule has 0 saturated heterocycles. The third-order valence-electron chi connectivity index (χ3n) is 2.09. The van der Waals surface area contributed by atoms with Crippen LogP contribution in [-0.4, -0.2) is 23.7 Å². The van der Waals surface area contributed by atoms with Crippen LogP contribution >= 0.6 is 0 Å². The topological polar surface area (TPSA) is 100 Å². The van der Waals surface area contributed by atoms with Crippen molar-refractivity contribution in [2.24, 2.45) is 5.92 Å². The third-order valence-corrected chi connectivity index (χ3v) is 2.09. The molecule has 0 fully saturated rings. The number of carboxylic acids is 2. The van der Waals surface area contributed by atoms with E-state index in [-0.39, 0.29) is 59.1 Å². The van der Waals surface area contributed by atoms with E-state index in [1.165, 1.54) is 19.3 Å². The van der Waals surface area contributed by atoms with Gasteiger partial charge in [-0.25, -0.2) is 0 Å². The van der Waals surface area contributed by atoms with Gasteiger partial charge in [0.05, 0.1) is 5.97 Å². The number of unbranched alkanes of at least 4 members (excludes halogenated alkanes) is 2. The molecule has 0 rings (SSSR count). The predicted octanol–water partition coefficient (Wildman–Crippen LogP) is -6.36. The quantitative estimate of drug-likeness (QED) is 0.273. The van der Waals surface area contributed by atoms with E-state index in [9.17, 15) is 19.8 Å². The first-order valence-electron chi connectivity index (χ1n) is 6.01. The van der Waals surface area contributed by atoms with Crippen molar-refractivity contribution in [2.45, 2.75) is 46.0 Å². The number of aliphatic hydroxyl groups excluding tert-OH is 1. The zero-order valence-corrected chi connectivity index (χ0v) is 17.1. The Morgan fingerprint density at radius 3 is 1.85 bits per heavy atom. The van der Waals surface area contributed by atoms with Crippen molar-refractivity contribution in [1.29, 1.82) is 0 Å². The maximum absolute atomic E-state index is 9.73. The van der Waals surface area contributed by atoms with Crippen molar-refractivity contribution in [3.8, 4) is 0 Å². The Bertz CT molecular complexity index is 267. The molecule has 0 aliphatic rings. The average molecular weight is 304 g/mol. The van der Waals surface area contributed by atoms with Crippen LogP contribution in [0.4, 0.5) is 0 Å². The van der Waals surface area contributed by atoms with Crippen LogP contribution in [0.25, 0.3) is 0 Å². The molecule has 20 heavy (non-hydrogen) atoms. The average Bonchev–Trinajstić information content (AvgIpc) is 2.24. The van der Waals surface area contributed by atoms with Gasteiger partial charge in [0.1, 0.15) is 0 Å². The van der Waals surface area contributed by atoms with E-state index in [4.69, 9.17) is 5.11 Å². The minimum Gasteiger partial charge on any atom is -0.550 e. The van der Waals surface area contributed by atoms with Gasteiger partial charge in [-0.05, 0) is 17.9 Å². The Morgan fingerprint density at radius 1 is 1.10 bits per heavy atom. The zero-order chi connectivity index (χ0) is 14.6. The fraction of sp³-hybridized carbons (Fsp3) is 0.692. The van der Waals surface area contributed by atoms with E-state index in [2.05, 4.69) is 20.4 Å². The number of rotatable bonds is 8. The minimum absolute atomic E-state index is 0. The smallest absolute Gasteiger partial charge is 0.550 e. The number of hydrogen-bond donors (Lipinski definition) is 1. The van der Waals surface area contributed by atoms with Gasteiger partial charge in [-0.3, -0.25) is 0 Å². The van der Waals surface area contributed by atoms with Crippen molar-refractivity contribution in [3.63, 3.8) is 0 Å². The summed E-state index contributed by atoms with van der Waals surface area (Å²) in [6.45, 7) is 7.74. The third kappa shape index (κ3) is 27.1. The van der Waals surface area contributed by atoms with Crippen LogP contribution < -0.4 is 69.3 Å². The first kappa shape index (κ1) is 28.8. The standard InChI is InChI=1S/C8H18O.C5H6O4.2Na/c1-8(2)6-4-3-5-7-9;1-3(5(8)9)2-4(6)7;;/h8-9H,3-7H2,1-2H3;1-2H2,(H,6,7)(H,8,9);;/q;;2*+1/p-2. The molecule has 0 spiro atoms. The van der Waals surface area contributed by atoms with Crippen molar-refractivity contribution in [3.05, 3.63) is 12.2 Å².